The Hall–Kier alpha value is -1.32. The van der Waals surface area contributed by atoms with Gasteiger partial charge < -0.3 is 14.6 Å². The predicted octanol–water partition coefficient (Wildman–Crippen LogP) is 2.64. The van der Waals surface area contributed by atoms with Gasteiger partial charge in [0.2, 0.25) is 0 Å². The summed E-state index contributed by atoms with van der Waals surface area (Å²) in [7, 11) is 1.65. The Morgan fingerprint density at radius 2 is 2.11 bits per heavy atom. The summed E-state index contributed by atoms with van der Waals surface area (Å²) in [6.45, 7) is 1.04. The van der Waals surface area contributed by atoms with Crippen molar-refractivity contribution in [2.24, 2.45) is 0 Å². The number of hydrogen-bond donors (Lipinski definition) is 1. The van der Waals surface area contributed by atoms with Gasteiger partial charge in [-0.05, 0) is 25.3 Å². The molecule has 0 aliphatic heterocycles. The number of allylic oxidation sites excluding steroid dienone is 1. The molecular formula is C15H20O3. The number of hydrogen-bond acceptors (Lipinski definition) is 3. The lowest BCUT2D eigenvalue weighted by Gasteiger charge is -2.29. The van der Waals surface area contributed by atoms with Crippen LogP contribution in [-0.2, 0) is 10.3 Å². The molecule has 0 heterocycles. The molecule has 1 N–H and O–H groups in total. The quantitative estimate of drug-likeness (QED) is 0.643. The van der Waals surface area contributed by atoms with E-state index in [0.717, 1.165) is 30.6 Å². The molecule has 1 aliphatic carbocycles. The third kappa shape index (κ3) is 2.92. The largest absolute Gasteiger partial charge is 0.491 e. The second-order valence-corrected chi connectivity index (χ2v) is 4.56. The molecule has 2 rings (SSSR count). The Morgan fingerprint density at radius 1 is 1.28 bits per heavy atom. The summed E-state index contributed by atoms with van der Waals surface area (Å²) in [6, 6.07) is 7.67. The van der Waals surface area contributed by atoms with E-state index in [1.165, 1.54) is 0 Å². The maximum Gasteiger partial charge on any atom is 0.125 e. The van der Waals surface area contributed by atoms with Crippen molar-refractivity contribution in [3.05, 3.63) is 42.0 Å². The molecule has 1 unspecified atom stereocenters. The SMILES string of the molecule is COCCOc1ccccc1C1(O)C=CCCC1. The first-order valence-electron chi connectivity index (χ1n) is 6.37. The zero-order valence-corrected chi connectivity index (χ0v) is 10.8. The van der Waals surface area contributed by atoms with Crippen molar-refractivity contribution in [2.75, 3.05) is 20.3 Å². The predicted molar refractivity (Wildman–Crippen MR) is 70.7 cm³/mol. The zero-order valence-electron chi connectivity index (χ0n) is 10.8. The molecule has 0 fully saturated rings. The monoisotopic (exact) mass is 248 g/mol. The average molecular weight is 248 g/mol. The summed E-state index contributed by atoms with van der Waals surface area (Å²) in [5, 5.41) is 10.7. The first-order valence-corrected chi connectivity index (χ1v) is 6.37. The van der Waals surface area contributed by atoms with Gasteiger partial charge in [-0.15, -0.1) is 0 Å². The van der Waals surface area contributed by atoms with Crippen LogP contribution in [0.25, 0.3) is 0 Å². The number of aliphatic hydroxyl groups is 1. The molecule has 0 bridgehead atoms. The van der Waals surface area contributed by atoms with Crippen LogP contribution in [0.1, 0.15) is 24.8 Å². The maximum absolute atomic E-state index is 10.7. The van der Waals surface area contributed by atoms with Gasteiger partial charge in [0.25, 0.3) is 0 Å². The second kappa shape index (κ2) is 6.03. The molecule has 0 saturated carbocycles. The maximum atomic E-state index is 10.7. The lowest BCUT2D eigenvalue weighted by molar-refractivity contribution is 0.0673. The number of rotatable bonds is 5. The van der Waals surface area contributed by atoms with Crippen LogP contribution in [0.4, 0.5) is 0 Å². The van der Waals surface area contributed by atoms with E-state index in [9.17, 15) is 5.11 Å². The van der Waals surface area contributed by atoms with Crippen LogP contribution in [-0.4, -0.2) is 25.4 Å². The number of methoxy groups -OCH3 is 1. The van der Waals surface area contributed by atoms with E-state index in [0.29, 0.717) is 13.2 Å². The highest BCUT2D eigenvalue weighted by molar-refractivity contribution is 5.41. The highest BCUT2D eigenvalue weighted by atomic mass is 16.5. The number of ether oxygens (including phenoxy) is 2. The molecule has 0 radical (unpaired) electrons. The second-order valence-electron chi connectivity index (χ2n) is 4.56. The Morgan fingerprint density at radius 3 is 2.83 bits per heavy atom. The zero-order chi connectivity index (χ0) is 12.8. The van der Waals surface area contributed by atoms with E-state index >= 15 is 0 Å². The minimum Gasteiger partial charge on any atom is -0.491 e. The fourth-order valence-corrected chi connectivity index (χ4v) is 2.26. The van der Waals surface area contributed by atoms with E-state index in [4.69, 9.17) is 9.47 Å². The minimum atomic E-state index is -0.887. The van der Waals surface area contributed by atoms with E-state index in [1.54, 1.807) is 7.11 Å². The van der Waals surface area contributed by atoms with Crippen molar-refractivity contribution in [3.8, 4) is 5.75 Å². The van der Waals surface area contributed by atoms with E-state index in [1.807, 2.05) is 36.4 Å². The summed E-state index contributed by atoms with van der Waals surface area (Å²) in [4.78, 5) is 0. The van der Waals surface area contributed by atoms with Gasteiger partial charge in [-0.3, -0.25) is 0 Å². The first-order chi connectivity index (χ1) is 8.76. The third-order valence-corrected chi connectivity index (χ3v) is 3.22. The Balaban J connectivity index is 2.21. The molecular weight excluding hydrogens is 228 g/mol. The van der Waals surface area contributed by atoms with Crippen LogP contribution in [0.3, 0.4) is 0 Å². The molecule has 1 atom stereocenters. The van der Waals surface area contributed by atoms with Gasteiger partial charge in [0.15, 0.2) is 0 Å². The Bertz CT molecular complexity index is 414. The Labute approximate surface area is 108 Å². The van der Waals surface area contributed by atoms with E-state index in [2.05, 4.69) is 0 Å². The summed E-state index contributed by atoms with van der Waals surface area (Å²) in [5.74, 6) is 0.739. The highest BCUT2D eigenvalue weighted by Crippen LogP contribution is 2.37. The van der Waals surface area contributed by atoms with Crippen LogP contribution >= 0.6 is 0 Å². The Kier molecular flexibility index (Phi) is 4.39. The molecule has 0 amide bonds. The van der Waals surface area contributed by atoms with Crippen molar-refractivity contribution in [1.29, 1.82) is 0 Å². The van der Waals surface area contributed by atoms with Gasteiger partial charge in [-0.2, -0.15) is 0 Å². The smallest absolute Gasteiger partial charge is 0.125 e. The van der Waals surface area contributed by atoms with Crippen molar-refractivity contribution < 1.29 is 14.6 Å². The molecule has 1 aliphatic rings. The van der Waals surface area contributed by atoms with Crippen LogP contribution < -0.4 is 4.74 Å². The van der Waals surface area contributed by atoms with Gasteiger partial charge in [0, 0.05) is 12.7 Å². The van der Waals surface area contributed by atoms with Gasteiger partial charge in [0.05, 0.1) is 6.61 Å². The van der Waals surface area contributed by atoms with Crippen LogP contribution in [0.2, 0.25) is 0 Å². The fourth-order valence-electron chi connectivity index (χ4n) is 2.26. The normalized spacial score (nSPS) is 23.0. The van der Waals surface area contributed by atoms with E-state index < -0.39 is 5.60 Å². The molecule has 3 heteroatoms. The number of benzene rings is 1. The van der Waals surface area contributed by atoms with Gasteiger partial charge in [-0.1, -0.05) is 30.4 Å². The van der Waals surface area contributed by atoms with Gasteiger partial charge >= 0.3 is 0 Å². The van der Waals surface area contributed by atoms with Crippen molar-refractivity contribution in [3.63, 3.8) is 0 Å². The molecule has 0 saturated heterocycles. The lowest BCUT2D eigenvalue weighted by Crippen LogP contribution is -2.25. The van der Waals surface area contributed by atoms with Crippen molar-refractivity contribution in [2.45, 2.75) is 24.9 Å². The van der Waals surface area contributed by atoms with Crippen molar-refractivity contribution in [1.82, 2.24) is 0 Å². The van der Waals surface area contributed by atoms with E-state index in [-0.39, 0.29) is 0 Å². The molecule has 3 nitrogen and oxygen atoms in total. The topological polar surface area (TPSA) is 38.7 Å². The van der Waals surface area contributed by atoms with Gasteiger partial charge in [-0.25, -0.2) is 0 Å². The minimum absolute atomic E-state index is 0.493. The summed E-state index contributed by atoms with van der Waals surface area (Å²) >= 11 is 0. The highest BCUT2D eigenvalue weighted by Gasteiger charge is 2.30. The van der Waals surface area contributed by atoms with Crippen LogP contribution in [0.15, 0.2) is 36.4 Å². The lowest BCUT2D eigenvalue weighted by atomic mass is 9.84. The van der Waals surface area contributed by atoms with Gasteiger partial charge in [0.1, 0.15) is 18.0 Å². The van der Waals surface area contributed by atoms with Crippen LogP contribution in [0.5, 0.6) is 5.75 Å². The molecule has 1 aromatic rings. The molecule has 98 valence electrons. The standard InChI is InChI=1S/C15H20O3/c1-17-11-12-18-14-8-4-3-7-13(14)15(16)9-5-2-6-10-15/h3-5,7-9,16H,2,6,10-12H2,1H3. The fraction of sp³-hybridized carbons (Fsp3) is 0.467. The summed E-state index contributed by atoms with van der Waals surface area (Å²) in [6.07, 6.45) is 6.70. The number of para-hydroxylation sites is 1. The molecule has 1 aromatic carbocycles. The van der Waals surface area contributed by atoms with Crippen molar-refractivity contribution >= 4 is 0 Å². The average Bonchev–Trinajstić information content (AvgIpc) is 2.40. The molecule has 18 heavy (non-hydrogen) atoms. The summed E-state index contributed by atoms with van der Waals surface area (Å²) < 4.78 is 10.6. The molecule has 0 spiro atoms. The first kappa shape index (κ1) is 13.1. The molecule has 0 aromatic heterocycles. The summed E-state index contributed by atoms with van der Waals surface area (Å²) in [5.41, 5.74) is -0.0425. The third-order valence-electron chi connectivity index (χ3n) is 3.22. The van der Waals surface area contributed by atoms with Crippen LogP contribution in [0, 0.1) is 0 Å².